The summed E-state index contributed by atoms with van der Waals surface area (Å²) in [5.41, 5.74) is 2.58. The highest BCUT2D eigenvalue weighted by atomic mass is 79.9. The lowest BCUT2D eigenvalue weighted by atomic mass is 9.86. The molecule has 9 heteroatoms. The molecule has 0 unspecified atom stereocenters. The zero-order valence-corrected chi connectivity index (χ0v) is 20.7. The van der Waals surface area contributed by atoms with Crippen molar-refractivity contribution in [1.29, 1.82) is 0 Å². The predicted molar refractivity (Wildman–Crippen MR) is 129 cm³/mol. The number of anilines is 2. The quantitative estimate of drug-likeness (QED) is 0.515. The summed E-state index contributed by atoms with van der Waals surface area (Å²) in [4.78, 5) is 13.2. The summed E-state index contributed by atoms with van der Waals surface area (Å²) in [5.74, 6) is -0.0908. The van der Waals surface area contributed by atoms with Gasteiger partial charge in [0.2, 0.25) is 10.0 Å². The number of sulfonamides is 1. The van der Waals surface area contributed by atoms with Gasteiger partial charge in [-0.25, -0.2) is 8.42 Å². The number of aromatic nitrogens is 1. The smallest absolute Gasteiger partial charge is 0.272 e. The largest absolute Gasteiger partial charge is 0.492 e. The van der Waals surface area contributed by atoms with E-state index < -0.39 is 10.0 Å². The molecule has 0 aliphatic carbocycles. The molecule has 0 radical (unpaired) electrons. The van der Waals surface area contributed by atoms with Gasteiger partial charge in [-0.2, -0.15) is 0 Å². The van der Waals surface area contributed by atoms with Crippen LogP contribution >= 0.6 is 15.9 Å². The number of nitrogens with zero attached hydrogens (tertiary/aromatic N) is 1. The van der Waals surface area contributed by atoms with E-state index in [2.05, 4.69) is 26.0 Å². The maximum absolute atomic E-state index is 13.2. The standard InChI is InChI=1S/C22H26BrN3O4S/c1-22(2,3)14-11-16(20(30-5)17(12-14)25-31(6,28)29)24-21(27)18-10-13-8-7-9-15(23)19(13)26(18)4/h7-12,25H,1-6H3,(H,24,27). The van der Waals surface area contributed by atoms with Gasteiger partial charge >= 0.3 is 0 Å². The fourth-order valence-electron chi connectivity index (χ4n) is 3.42. The first kappa shape index (κ1) is 23.1. The normalized spacial score (nSPS) is 12.1. The Balaban J connectivity index is 2.11. The highest BCUT2D eigenvalue weighted by Gasteiger charge is 2.23. The van der Waals surface area contributed by atoms with Gasteiger partial charge in [0.15, 0.2) is 5.75 Å². The number of ether oxygens (including phenoxy) is 1. The van der Waals surface area contributed by atoms with Crippen LogP contribution in [0.2, 0.25) is 0 Å². The van der Waals surface area contributed by atoms with E-state index in [9.17, 15) is 13.2 Å². The molecule has 1 heterocycles. The molecule has 7 nitrogen and oxygen atoms in total. The second-order valence-corrected chi connectivity index (χ2v) is 11.1. The highest BCUT2D eigenvalue weighted by Crippen LogP contribution is 2.39. The number of hydrogen-bond donors (Lipinski definition) is 2. The number of nitrogens with one attached hydrogen (secondary N) is 2. The third kappa shape index (κ3) is 4.88. The molecule has 0 saturated heterocycles. The Labute approximate surface area is 191 Å². The van der Waals surface area contributed by atoms with Crippen molar-refractivity contribution in [2.45, 2.75) is 26.2 Å². The molecule has 3 rings (SSSR count). The minimum atomic E-state index is -3.55. The van der Waals surface area contributed by atoms with E-state index in [1.807, 2.05) is 62.7 Å². The van der Waals surface area contributed by atoms with E-state index in [0.29, 0.717) is 11.4 Å². The van der Waals surface area contributed by atoms with Crippen LogP contribution in [0.4, 0.5) is 11.4 Å². The highest BCUT2D eigenvalue weighted by molar-refractivity contribution is 9.10. The number of hydrogen-bond acceptors (Lipinski definition) is 4. The summed E-state index contributed by atoms with van der Waals surface area (Å²) in [6.45, 7) is 6.02. The van der Waals surface area contributed by atoms with Crippen molar-refractivity contribution in [1.82, 2.24) is 4.57 Å². The summed E-state index contributed by atoms with van der Waals surface area (Å²) < 4.78 is 34.5. The van der Waals surface area contributed by atoms with Gasteiger partial charge in [0.1, 0.15) is 5.69 Å². The summed E-state index contributed by atoms with van der Waals surface area (Å²) in [5, 5.41) is 3.83. The Kier molecular flexibility index (Phi) is 6.12. The monoisotopic (exact) mass is 507 g/mol. The Morgan fingerprint density at radius 3 is 2.32 bits per heavy atom. The number of fused-ring (bicyclic) bond motifs is 1. The zero-order valence-electron chi connectivity index (χ0n) is 18.3. The third-order valence-corrected chi connectivity index (χ3v) is 6.17. The zero-order chi connectivity index (χ0) is 23.1. The van der Waals surface area contributed by atoms with E-state index >= 15 is 0 Å². The molecule has 166 valence electrons. The van der Waals surface area contributed by atoms with Gasteiger partial charge in [-0.1, -0.05) is 32.9 Å². The number of para-hydroxylation sites is 1. The molecule has 1 aromatic heterocycles. The van der Waals surface area contributed by atoms with E-state index in [4.69, 9.17) is 4.74 Å². The number of aryl methyl sites for hydroxylation is 1. The average Bonchev–Trinajstić information content (AvgIpc) is 2.97. The molecule has 31 heavy (non-hydrogen) atoms. The minimum Gasteiger partial charge on any atom is -0.492 e. The average molecular weight is 508 g/mol. The number of methoxy groups -OCH3 is 1. The lowest BCUT2D eigenvalue weighted by Gasteiger charge is -2.24. The molecule has 2 aromatic carbocycles. The van der Waals surface area contributed by atoms with Crippen LogP contribution in [0, 0.1) is 0 Å². The van der Waals surface area contributed by atoms with Crippen LogP contribution in [0.1, 0.15) is 36.8 Å². The van der Waals surface area contributed by atoms with Crippen molar-refractivity contribution in [3.8, 4) is 5.75 Å². The van der Waals surface area contributed by atoms with Crippen LogP contribution in [-0.2, 0) is 22.5 Å². The van der Waals surface area contributed by atoms with Crippen LogP contribution in [0.25, 0.3) is 10.9 Å². The number of rotatable bonds is 5. The number of benzene rings is 2. The van der Waals surface area contributed by atoms with Gasteiger partial charge in [-0.15, -0.1) is 0 Å². The first-order chi connectivity index (χ1) is 14.3. The molecule has 0 aliphatic rings. The van der Waals surface area contributed by atoms with Crippen molar-refractivity contribution < 1.29 is 17.9 Å². The summed E-state index contributed by atoms with van der Waals surface area (Å²) in [6, 6.07) is 11.1. The van der Waals surface area contributed by atoms with Crippen molar-refractivity contribution in [3.05, 3.63) is 52.1 Å². The molecular weight excluding hydrogens is 482 g/mol. The molecule has 0 aliphatic heterocycles. The Bertz CT molecular complexity index is 1270. The molecule has 0 spiro atoms. The molecule has 0 fully saturated rings. The minimum absolute atomic E-state index is 0.242. The Morgan fingerprint density at radius 2 is 1.77 bits per heavy atom. The first-order valence-corrected chi connectivity index (χ1v) is 12.3. The fourth-order valence-corrected chi connectivity index (χ4v) is 4.62. The van der Waals surface area contributed by atoms with Gasteiger partial charge < -0.3 is 14.6 Å². The Morgan fingerprint density at radius 1 is 1.13 bits per heavy atom. The topological polar surface area (TPSA) is 89.4 Å². The fraction of sp³-hybridized carbons (Fsp3) is 0.318. The number of carbonyl (C=O) groups is 1. The second-order valence-electron chi connectivity index (χ2n) is 8.45. The summed E-state index contributed by atoms with van der Waals surface area (Å²) in [6.07, 6.45) is 1.07. The third-order valence-electron chi connectivity index (χ3n) is 4.94. The van der Waals surface area contributed by atoms with Crippen molar-refractivity contribution in [2.24, 2.45) is 7.05 Å². The summed E-state index contributed by atoms with van der Waals surface area (Å²) in [7, 11) is -0.296. The van der Waals surface area contributed by atoms with E-state index in [-0.39, 0.29) is 22.8 Å². The van der Waals surface area contributed by atoms with E-state index in [1.54, 1.807) is 6.07 Å². The number of halogens is 1. The molecule has 1 amide bonds. The lowest BCUT2D eigenvalue weighted by Crippen LogP contribution is -2.19. The van der Waals surface area contributed by atoms with Crippen LogP contribution in [0.3, 0.4) is 0 Å². The molecular formula is C22H26BrN3O4S. The SMILES string of the molecule is COc1c(NC(=O)c2cc3cccc(Br)c3n2C)cc(C(C)(C)C)cc1NS(C)(=O)=O. The second kappa shape index (κ2) is 8.20. The van der Waals surface area contributed by atoms with Crippen molar-refractivity contribution >= 4 is 54.1 Å². The molecule has 2 N–H and O–H groups in total. The molecule has 0 atom stereocenters. The van der Waals surface area contributed by atoms with Crippen LogP contribution < -0.4 is 14.8 Å². The van der Waals surface area contributed by atoms with E-state index in [1.165, 1.54) is 7.11 Å². The number of carbonyl (C=O) groups excluding carboxylic acids is 1. The lowest BCUT2D eigenvalue weighted by molar-refractivity contribution is 0.101. The number of amides is 1. The van der Waals surface area contributed by atoms with Crippen LogP contribution in [0.15, 0.2) is 40.9 Å². The van der Waals surface area contributed by atoms with E-state index in [0.717, 1.165) is 27.2 Å². The van der Waals surface area contributed by atoms with Crippen molar-refractivity contribution in [3.63, 3.8) is 0 Å². The van der Waals surface area contributed by atoms with Gasteiger partial charge in [-0.3, -0.25) is 9.52 Å². The van der Waals surface area contributed by atoms with Crippen molar-refractivity contribution in [2.75, 3.05) is 23.4 Å². The van der Waals surface area contributed by atoms with Gasteiger partial charge in [0.25, 0.3) is 5.91 Å². The van der Waals surface area contributed by atoms with Crippen LogP contribution in [-0.4, -0.2) is 32.3 Å². The maximum Gasteiger partial charge on any atom is 0.272 e. The van der Waals surface area contributed by atoms with Gasteiger partial charge in [0, 0.05) is 16.9 Å². The first-order valence-electron chi connectivity index (χ1n) is 9.57. The molecule has 0 saturated carbocycles. The van der Waals surface area contributed by atoms with Crippen LogP contribution in [0.5, 0.6) is 5.75 Å². The Hall–Kier alpha value is -2.52. The maximum atomic E-state index is 13.2. The molecule has 0 bridgehead atoms. The van der Waals surface area contributed by atoms with Gasteiger partial charge in [0.05, 0.1) is 30.3 Å². The summed E-state index contributed by atoms with van der Waals surface area (Å²) >= 11 is 3.53. The predicted octanol–water partition coefficient (Wildman–Crippen LogP) is 4.87. The molecule has 3 aromatic rings. The van der Waals surface area contributed by atoms with Gasteiger partial charge in [-0.05, 0) is 51.2 Å².